The zero-order valence-corrected chi connectivity index (χ0v) is 11.9. The van der Waals surface area contributed by atoms with E-state index >= 15 is 0 Å². The minimum atomic E-state index is -0.171. The molecule has 2 rings (SSSR count). The number of rotatable bonds is 3. The fraction of sp³-hybridized carbons (Fsp3) is 0.667. The van der Waals surface area contributed by atoms with Crippen molar-refractivity contribution in [3.8, 4) is 0 Å². The van der Waals surface area contributed by atoms with Crippen molar-refractivity contribution in [1.29, 1.82) is 0 Å². The van der Waals surface area contributed by atoms with Crippen LogP contribution in [0.4, 0.5) is 0 Å². The van der Waals surface area contributed by atoms with Crippen molar-refractivity contribution in [2.24, 2.45) is 0 Å². The van der Waals surface area contributed by atoms with Crippen molar-refractivity contribution in [2.75, 3.05) is 0 Å². The van der Waals surface area contributed by atoms with E-state index in [1.807, 2.05) is 0 Å². The van der Waals surface area contributed by atoms with Gasteiger partial charge in [-0.05, 0) is 47.1 Å². The summed E-state index contributed by atoms with van der Waals surface area (Å²) < 4.78 is 1.17. The number of aliphatic hydroxyl groups is 1. The molecule has 3 atom stereocenters. The molecule has 0 amide bonds. The van der Waals surface area contributed by atoms with E-state index in [0.29, 0.717) is 6.04 Å². The van der Waals surface area contributed by atoms with Gasteiger partial charge in [0.2, 0.25) is 0 Å². The van der Waals surface area contributed by atoms with Crippen LogP contribution in [0.3, 0.4) is 0 Å². The maximum atomic E-state index is 9.91. The molecule has 0 saturated heterocycles. The zero-order chi connectivity index (χ0) is 11.5. The number of thiophene rings is 1. The first-order valence-corrected chi connectivity index (χ1v) is 7.52. The molecule has 2 N–H and O–H groups in total. The Labute approximate surface area is 109 Å². The van der Waals surface area contributed by atoms with Gasteiger partial charge in [0, 0.05) is 21.4 Å². The third-order valence-electron chi connectivity index (χ3n) is 3.23. The van der Waals surface area contributed by atoms with Crippen molar-refractivity contribution in [1.82, 2.24) is 5.32 Å². The molecule has 0 bridgehead atoms. The molecule has 1 heterocycles. The van der Waals surface area contributed by atoms with Gasteiger partial charge in [-0.2, -0.15) is 0 Å². The lowest BCUT2D eigenvalue weighted by atomic mass is 9.92. The third-order valence-corrected chi connectivity index (χ3v) is 5.29. The molecule has 4 heteroatoms. The summed E-state index contributed by atoms with van der Waals surface area (Å²) in [5, 5.41) is 15.5. The highest BCUT2D eigenvalue weighted by atomic mass is 79.9. The minimum Gasteiger partial charge on any atom is -0.392 e. The molecular formula is C12H18BrNOS. The Morgan fingerprint density at radius 2 is 2.25 bits per heavy atom. The number of hydrogen-bond acceptors (Lipinski definition) is 3. The van der Waals surface area contributed by atoms with E-state index in [2.05, 4.69) is 39.6 Å². The van der Waals surface area contributed by atoms with E-state index in [1.54, 1.807) is 11.3 Å². The van der Waals surface area contributed by atoms with Crippen LogP contribution in [0.15, 0.2) is 15.9 Å². The Balaban J connectivity index is 1.96. The summed E-state index contributed by atoms with van der Waals surface area (Å²) in [7, 11) is 0. The SMILES string of the molecule is CC(NC1CCCCC1O)c1sccc1Br. The van der Waals surface area contributed by atoms with E-state index in [9.17, 15) is 5.11 Å². The highest BCUT2D eigenvalue weighted by Gasteiger charge is 2.25. The molecule has 0 radical (unpaired) electrons. The normalized spacial score (nSPS) is 27.9. The largest absolute Gasteiger partial charge is 0.392 e. The first kappa shape index (κ1) is 12.6. The second kappa shape index (κ2) is 5.63. The molecule has 1 aromatic rings. The summed E-state index contributed by atoms with van der Waals surface area (Å²) in [5.41, 5.74) is 0. The summed E-state index contributed by atoms with van der Waals surface area (Å²) in [6.45, 7) is 2.16. The van der Waals surface area contributed by atoms with Crippen LogP contribution in [0.2, 0.25) is 0 Å². The van der Waals surface area contributed by atoms with Crippen LogP contribution in [0.1, 0.15) is 43.5 Å². The lowest BCUT2D eigenvalue weighted by Gasteiger charge is -2.31. The molecule has 1 aliphatic rings. The smallest absolute Gasteiger partial charge is 0.0693 e. The summed E-state index contributed by atoms with van der Waals surface area (Å²) >= 11 is 5.31. The molecule has 1 saturated carbocycles. The Morgan fingerprint density at radius 1 is 1.50 bits per heavy atom. The fourth-order valence-corrected chi connectivity index (χ4v) is 4.05. The number of hydrogen-bond donors (Lipinski definition) is 2. The molecule has 2 nitrogen and oxygen atoms in total. The molecule has 3 unspecified atom stereocenters. The Bertz CT molecular complexity index is 342. The summed E-state index contributed by atoms with van der Waals surface area (Å²) in [4.78, 5) is 1.32. The van der Waals surface area contributed by atoms with Crippen LogP contribution in [0.5, 0.6) is 0 Å². The molecule has 1 aliphatic carbocycles. The quantitative estimate of drug-likeness (QED) is 0.896. The number of halogens is 1. The molecule has 16 heavy (non-hydrogen) atoms. The zero-order valence-electron chi connectivity index (χ0n) is 9.45. The predicted molar refractivity (Wildman–Crippen MR) is 71.8 cm³/mol. The van der Waals surface area contributed by atoms with Crippen molar-refractivity contribution in [3.63, 3.8) is 0 Å². The first-order chi connectivity index (χ1) is 7.68. The maximum absolute atomic E-state index is 9.91. The van der Waals surface area contributed by atoms with Gasteiger partial charge in [-0.3, -0.25) is 0 Å². The Morgan fingerprint density at radius 3 is 2.88 bits per heavy atom. The molecular weight excluding hydrogens is 286 g/mol. The second-order valence-electron chi connectivity index (χ2n) is 4.48. The molecule has 0 spiro atoms. The van der Waals surface area contributed by atoms with Crippen molar-refractivity contribution >= 4 is 27.3 Å². The van der Waals surface area contributed by atoms with E-state index in [-0.39, 0.29) is 12.1 Å². The van der Waals surface area contributed by atoms with Crippen molar-refractivity contribution in [2.45, 2.75) is 50.8 Å². The van der Waals surface area contributed by atoms with Crippen LogP contribution in [0.25, 0.3) is 0 Å². The minimum absolute atomic E-state index is 0.171. The fourth-order valence-electron chi connectivity index (χ4n) is 2.32. The van der Waals surface area contributed by atoms with E-state index in [1.165, 1.54) is 15.8 Å². The van der Waals surface area contributed by atoms with Crippen molar-refractivity contribution in [3.05, 3.63) is 20.8 Å². The van der Waals surface area contributed by atoms with Crippen LogP contribution >= 0.6 is 27.3 Å². The van der Waals surface area contributed by atoms with Crippen molar-refractivity contribution < 1.29 is 5.11 Å². The summed E-state index contributed by atoms with van der Waals surface area (Å²) in [5.74, 6) is 0. The van der Waals surface area contributed by atoms with Crippen LogP contribution in [0, 0.1) is 0 Å². The van der Waals surface area contributed by atoms with Gasteiger partial charge in [-0.1, -0.05) is 12.8 Å². The second-order valence-corrected chi connectivity index (χ2v) is 6.28. The molecule has 0 aliphatic heterocycles. The number of nitrogens with one attached hydrogen (secondary N) is 1. The van der Waals surface area contributed by atoms with Gasteiger partial charge in [0.05, 0.1) is 6.10 Å². The van der Waals surface area contributed by atoms with Gasteiger partial charge in [0.15, 0.2) is 0 Å². The summed E-state index contributed by atoms with van der Waals surface area (Å²) in [6, 6.07) is 2.65. The highest BCUT2D eigenvalue weighted by Crippen LogP contribution is 2.30. The number of aliphatic hydroxyl groups excluding tert-OH is 1. The van der Waals surface area contributed by atoms with Gasteiger partial charge < -0.3 is 10.4 Å². The van der Waals surface area contributed by atoms with E-state index < -0.39 is 0 Å². The Hall–Kier alpha value is 0.100. The highest BCUT2D eigenvalue weighted by molar-refractivity contribution is 9.10. The third kappa shape index (κ3) is 2.86. The summed E-state index contributed by atoms with van der Waals surface area (Å²) in [6.07, 6.45) is 4.25. The maximum Gasteiger partial charge on any atom is 0.0693 e. The molecule has 1 fully saturated rings. The van der Waals surface area contributed by atoms with Gasteiger partial charge in [0.25, 0.3) is 0 Å². The molecule has 1 aromatic heterocycles. The first-order valence-electron chi connectivity index (χ1n) is 5.85. The van der Waals surface area contributed by atoms with Gasteiger partial charge in [0.1, 0.15) is 0 Å². The molecule has 0 aromatic carbocycles. The van der Waals surface area contributed by atoms with Gasteiger partial charge in [-0.15, -0.1) is 11.3 Å². The average molecular weight is 304 g/mol. The molecule has 90 valence electrons. The predicted octanol–water partition coefficient (Wildman–Crippen LogP) is 3.46. The van der Waals surface area contributed by atoms with E-state index in [4.69, 9.17) is 0 Å². The van der Waals surface area contributed by atoms with Crippen LogP contribution in [-0.4, -0.2) is 17.3 Å². The topological polar surface area (TPSA) is 32.3 Å². The lowest BCUT2D eigenvalue weighted by Crippen LogP contribution is -2.43. The van der Waals surface area contributed by atoms with Gasteiger partial charge in [-0.25, -0.2) is 0 Å². The van der Waals surface area contributed by atoms with E-state index in [0.717, 1.165) is 19.3 Å². The van der Waals surface area contributed by atoms with Gasteiger partial charge >= 0.3 is 0 Å². The van der Waals surface area contributed by atoms with Crippen LogP contribution in [-0.2, 0) is 0 Å². The van der Waals surface area contributed by atoms with Crippen LogP contribution < -0.4 is 5.32 Å². The lowest BCUT2D eigenvalue weighted by molar-refractivity contribution is 0.0861. The standard InChI is InChI=1S/C12H18BrNOS/c1-8(12-9(13)6-7-16-12)14-10-4-2-3-5-11(10)15/h6-8,10-11,14-15H,2-5H2,1H3. The average Bonchev–Trinajstić information content (AvgIpc) is 2.68. The monoisotopic (exact) mass is 303 g/mol. The Kier molecular flexibility index (Phi) is 4.41.